The van der Waals surface area contributed by atoms with Crippen LogP contribution in [0.5, 0.6) is 0 Å². The lowest BCUT2D eigenvalue weighted by Gasteiger charge is -2.27. The van der Waals surface area contributed by atoms with Gasteiger partial charge < -0.3 is 5.11 Å². The fourth-order valence-electron chi connectivity index (χ4n) is 2.54. The van der Waals surface area contributed by atoms with E-state index in [4.69, 9.17) is 0 Å². The Morgan fingerprint density at radius 2 is 1.12 bits per heavy atom. The molecule has 1 nitrogen and oxygen atoms in total. The van der Waals surface area contributed by atoms with Crippen molar-refractivity contribution in [1.29, 1.82) is 0 Å². The van der Waals surface area contributed by atoms with E-state index in [1.165, 1.54) is 38.5 Å². The first-order valence-corrected chi connectivity index (χ1v) is 7.41. The van der Waals surface area contributed by atoms with Crippen LogP contribution in [0.2, 0.25) is 0 Å². The van der Waals surface area contributed by atoms with Gasteiger partial charge in [0.05, 0.1) is 5.60 Å². The molecule has 16 heavy (non-hydrogen) atoms. The standard InChI is InChI=1S/C15H32O/c1-4-7-8-9-10-11-14-15(16,12-5-2)13-6-3/h16H,4-14H2,1-3H3. The van der Waals surface area contributed by atoms with Gasteiger partial charge >= 0.3 is 0 Å². The lowest BCUT2D eigenvalue weighted by atomic mass is 9.87. The molecule has 0 heterocycles. The Morgan fingerprint density at radius 3 is 1.62 bits per heavy atom. The van der Waals surface area contributed by atoms with Crippen LogP contribution in [0, 0.1) is 0 Å². The highest BCUT2D eigenvalue weighted by molar-refractivity contribution is 4.77. The maximum atomic E-state index is 10.4. The van der Waals surface area contributed by atoms with Gasteiger partial charge in [0.15, 0.2) is 0 Å². The Morgan fingerprint density at radius 1 is 0.625 bits per heavy atom. The molecule has 0 atom stereocenters. The van der Waals surface area contributed by atoms with Gasteiger partial charge in [-0.15, -0.1) is 0 Å². The summed E-state index contributed by atoms with van der Waals surface area (Å²) in [6.45, 7) is 6.59. The lowest BCUT2D eigenvalue weighted by molar-refractivity contribution is 0.0105. The molecule has 0 radical (unpaired) electrons. The molecule has 0 rings (SSSR count). The Bertz CT molecular complexity index is 136. The SMILES string of the molecule is CCCCCCCCC(O)(CCC)CCC. The van der Waals surface area contributed by atoms with Crippen molar-refractivity contribution < 1.29 is 5.11 Å². The molecule has 0 aromatic carbocycles. The second kappa shape index (κ2) is 10.1. The second-order valence-corrected chi connectivity index (χ2v) is 5.24. The summed E-state index contributed by atoms with van der Waals surface area (Å²) in [7, 11) is 0. The number of unbranched alkanes of at least 4 members (excludes halogenated alkanes) is 5. The van der Waals surface area contributed by atoms with Gasteiger partial charge in [0.25, 0.3) is 0 Å². The third-order valence-electron chi connectivity index (χ3n) is 3.43. The van der Waals surface area contributed by atoms with Crippen molar-refractivity contribution in [2.75, 3.05) is 0 Å². The smallest absolute Gasteiger partial charge is 0.0647 e. The van der Waals surface area contributed by atoms with Gasteiger partial charge in [-0.05, 0) is 19.3 Å². The summed E-state index contributed by atoms with van der Waals surface area (Å²) in [5, 5.41) is 10.4. The third-order valence-corrected chi connectivity index (χ3v) is 3.43. The fourth-order valence-corrected chi connectivity index (χ4v) is 2.54. The average Bonchev–Trinajstić information content (AvgIpc) is 2.24. The van der Waals surface area contributed by atoms with Gasteiger partial charge in [0, 0.05) is 0 Å². The molecule has 0 saturated carbocycles. The zero-order chi connectivity index (χ0) is 12.3. The van der Waals surface area contributed by atoms with Gasteiger partial charge in [-0.25, -0.2) is 0 Å². The fraction of sp³-hybridized carbons (Fsp3) is 1.00. The summed E-state index contributed by atoms with van der Waals surface area (Å²) in [4.78, 5) is 0. The van der Waals surface area contributed by atoms with Gasteiger partial charge in [0.1, 0.15) is 0 Å². The van der Waals surface area contributed by atoms with Crippen LogP contribution < -0.4 is 0 Å². The van der Waals surface area contributed by atoms with E-state index in [2.05, 4.69) is 20.8 Å². The molecule has 0 saturated heterocycles. The second-order valence-electron chi connectivity index (χ2n) is 5.24. The van der Waals surface area contributed by atoms with E-state index in [-0.39, 0.29) is 5.60 Å². The molecule has 1 N–H and O–H groups in total. The molecule has 0 spiro atoms. The maximum absolute atomic E-state index is 10.4. The summed E-state index contributed by atoms with van der Waals surface area (Å²) < 4.78 is 0. The average molecular weight is 228 g/mol. The van der Waals surface area contributed by atoms with E-state index in [1.807, 2.05) is 0 Å². The van der Waals surface area contributed by atoms with Crippen LogP contribution in [0.25, 0.3) is 0 Å². The van der Waals surface area contributed by atoms with E-state index in [9.17, 15) is 5.11 Å². The van der Waals surface area contributed by atoms with Crippen molar-refractivity contribution in [3.05, 3.63) is 0 Å². The molecule has 1 heteroatoms. The first kappa shape index (κ1) is 16.0. The monoisotopic (exact) mass is 228 g/mol. The van der Waals surface area contributed by atoms with Gasteiger partial charge in [-0.1, -0.05) is 72.1 Å². The predicted octanol–water partition coefficient (Wildman–Crippen LogP) is 5.07. The molecule has 98 valence electrons. The maximum Gasteiger partial charge on any atom is 0.0647 e. The molecule has 0 aromatic rings. The number of hydrogen-bond donors (Lipinski definition) is 1. The van der Waals surface area contributed by atoms with Crippen molar-refractivity contribution in [1.82, 2.24) is 0 Å². The minimum absolute atomic E-state index is 0.353. The molecular formula is C15H32O. The Kier molecular flexibility index (Phi) is 10.1. The molecule has 0 unspecified atom stereocenters. The first-order valence-electron chi connectivity index (χ1n) is 7.41. The zero-order valence-electron chi connectivity index (χ0n) is 11.7. The number of rotatable bonds is 11. The quantitative estimate of drug-likeness (QED) is 0.490. The molecule has 0 bridgehead atoms. The third kappa shape index (κ3) is 8.15. The highest BCUT2D eigenvalue weighted by Gasteiger charge is 2.23. The van der Waals surface area contributed by atoms with E-state index in [0.717, 1.165) is 32.1 Å². The minimum Gasteiger partial charge on any atom is -0.390 e. The molecule has 0 aliphatic carbocycles. The summed E-state index contributed by atoms with van der Waals surface area (Å²) in [5.41, 5.74) is -0.353. The molecule has 0 aromatic heterocycles. The van der Waals surface area contributed by atoms with E-state index >= 15 is 0 Å². The van der Waals surface area contributed by atoms with Crippen LogP contribution in [-0.2, 0) is 0 Å². The predicted molar refractivity (Wildman–Crippen MR) is 72.8 cm³/mol. The molecular weight excluding hydrogens is 196 g/mol. The molecule has 0 fully saturated rings. The van der Waals surface area contributed by atoms with Crippen molar-refractivity contribution in [3.8, 4) is 0 Å². The van der Waals surface area contributed by atoms with Crippen molar-refractivity contribution in [3.63, 3.8) is 0 Å². The summed E-state index contributed by atoms with van der Waals surface area (Å²) in [6.07, 6.45) is 13.1. The highest BCUT2D eigenvalue weighted by atomic mass is 16.3. The Labute approximate surface area is 103 Å². The first-order chi connectivity index (χ1) is 7.68. The van der Waals surface area contributed by atoms with Crippen LogP contribution in [-0.4, -0.2) is 10.7 Å². The van der Waals surface area contributed by atoms with Gasteiger partial charge in [-0.3, -0.25) is 0 Å². The van der Waals surface area contributed by atoms with E-state index in [0.29, 0.717) is 0 Å². The minimum atomic E-state index is -0.353. The van der Waals surface area contributed by atoms with Gasteiger partial charge in [0.2, 0.25) is 0 Å². The summed E-state index contributed by atoms with van der Waals surface area (Å²) in [5.74, 6) is 0. The molecule has 0 aliphatic rings. The lowest BCUT2D eigenvalue weighted by Crippen LogP contribution is -2.28. The van der Waals surface area contributed by atoms with Crippen LogP contribution in [0.1, 0.15) is 91.4 Å². The number of hydrogen-bond acceptors (Lipinski definition) is 1. The molecule has 0 aliphatic heterocycles. The van der Waals surface area contributed by atoms with Gasteiger partial charge in [-0.2, -0.15) is 0 Å². The Balaban J connectivity index is 3.59. The van der Waals surface area contributed by atoms with E-state index in [1.54, 1.807) is 0 Å². The van der Waals surface area contributed by atoms with Crippen LogP contribution in [0.4, 0.5) is 0 Å². The molecule has 0 amide bonds. The van der Waals surface area contributed by atoms with E-state index < -0.39 is 0 Å². The van der Waals surface area contributed by atoms with Crippen molar-refractivity contribution in [2.24, 2.45) is 0 Å². The van der Waals surface area contributed by atoms with Crippen LogP contribution in [0.15, 0.2) is 0 Å². The largest absolute Gasteiger partial charge is 0.390 e. The highest BCUT2D eigenvalue weighted by Crippen LogP contribution is 2.26. The van der Waals surface area contributed by atoms with Crippen molar-refractivity contribution in [2.45, 2.75) is 97.0 Å². The summed E-state index contributed by atoms with van der Waals surface area (Å²) >= 11 is 0. The van der Waals surface area contributed by atoms with Crippen LogP contribution in [0.3, 0.4) is 0 Å². The Hall–Kier alpha value is -0.0400. The van der Waals surface area contributed by atoms with Crippen LogP contribution >= 0.6 is 0 Å². The van der Waals surface area contributed by atoms with Crippen molar-refractivity contribution >= 4 is 0 Å². The number of aliphatic hydroxyl groups is 1. The summed E-state index contributed by atoms with van der Waals surface area (Å²) in [6, 6.07) is 0. The topological polar surface area (TPSA) is 20.2 Å². The zero-order valence-corrected chi connectivity index (χ0v) is 11.7. The normalized spacial score (nSPS) is 12.0.